The molecular formula is C56H107NO5. The van der Waals surface area contributed by atoms with Gasteiger partial charge in [0.05, 0.1) is 25.2 Å². The third-order valence-corrected chi connectivity index (χ3v) is 12.7. The monoisotopic (exact) mass is 874 g/mol. The number of amides is 1. The molecule has 3 unspecified atom stereocenters. The predicted octanol–water partition coefficient (Wildman–Crippen LogP) is 16.7. The summed E-state index contributed by atoms with van der Waals surface area (Å²) in [6.45, 7) is 6.44. The van der Waals surface area contributed by atoms with Gasteiger partial charge in [0.25, 0.3) is 0 Å². The lowest BCUT2D eigenvalue weighted by molar-refractivity contribution is -0.151. The lowest BCUT2D eigenvalue weighted by Gasteiger charge is -2.24. The summed E-state index contributed by atoms with van der Waals surface area (Å²) in [5, 5.41) is 23.8. The molecule has 0 bridgehead atoms. The second kappa shape index (κ2) is 50.3. The minimum Gasteiger partial charge on any atom is -0.462 e. The molecule has 3 atom stereocenters. The number of unbranched alkanes of at least 4 members (excludes halogenated alkanes) is 34. The molecule has 0 saturated heterocycles. The molecule has 0 aromatic rings. The molecule has 0 aliphatic rings. The normalized spacial score (nSPS) is 13.3. The number of carbonyl (C=O) groups excluding carboxylic acids is 2. The second-order valence-corrected chi connectivity index (χ2v) is 19.0. The molecule has 0 fully saturated rings. The molecule has 6 heteroatoms. The Morgan fingerprint density at radius 3 is 1.23 bits per heavy atom. The zero-order valence-electron chi connectivity index (χ0n) is 41.8. The lowest BCUT2D eigenvalue weighted by atomic mass is 10.0. The van der Waals surface area contributed by atoms with E-state index >= 15 is 0 Å². The summed E-state index contributed by atoms with van der Waals surface area (Å²) in [5.74, 6) is -0.490. The van der Waals surface area contributed by atoms with E-state index in [-0.39, 0.29) is 24.9 Å². The van der Waals surface area contributed by atoms with E-state index in [0.29, 0.717) is 19.3 Å². The van der Waals surface area contributed by atoms with Crippen LogP contribution in [0, 0.1) is 0 Å². The van der Waals surface area contributed by atoms with Gasteiger partial charge < -0.3 is 20.3 Å². The number of ether oxygens (including phenoxy) is 1. The number of esters is 1. The summed E-state index contributed by atoms with van der Waals surface area (Å²) in [6.07, 6.45) is 58.3. The molecule has 0 spiro atoms. The van der Waals surface area contributed by atoms with Crippen LogP contribution >= 0.6 is 0 Å². The largest absolute Gasteiger partial charge is 0.462 e. The minimum absolute atomic E-state index is 0.0666. The van der Waals surface area contributed by atoms with E-state index in [0.717, 1.165) is 77.0 Å². The van der Waals surface area contributed by atoms with E-state index in [4.69, 9.17) is 4.74 Å². The van der Waals surface area contributed by atoms with Gasteiger partial charge in [-0.1, -0.05) is 238 Å². The molecule has 0 aromatic carbocycles. The van der Waals surface area contributed by atoms with Crippen LogP contribution in [-0.2, 0) is 14.3 Å². The van der Waals surface area contributed by atoms with Crippen LogP contribution in [0.5, 0.6) is 0 Å². The molecule has 0 saturated carbocycles. The maximum absolute atomic E-state index is 13.2. The Morgan fingerprint density at radius 2 is 0.806 bits per heavy atom. The molecule has 0 aromatic heterocycles. The van der Waals surface area contributed by atoms with Crippen LogP contribution in [-0.4, -0.2) is 46.9 Å². The van der Waals surface area contributed by atoms with Crippen molar-refractivity contribution in [3.05, 3.63) is 24.3 Å². The van der Waals surface area contributed by atoms with Gasteiger partial charge in [0, 0.05) is 6.42 Å². The fourth-order valence-electron chi connectivity index (χ4n) is 8.55. The summed E-state index contributed by atoms with van der Waals surface area (Å²) < 4.78 is 5.91. The Balaban J connectivity index is 4.34. The van der Waals surface area contributed by atoms with Crippen LogP contribution in [0.15, 0.2) is 24.3 Å². The van der Waals surface area contributed by atoms with Gasteiger partial charge in [0.15, 0.2) is 0 Å². The molecule has 0 heterocycles. The van der Waals surface area contributed by atoms with Crippen LogP contribution in [0.4, 0.5) is 0 Å². The van der Waals surface area contributed by atoms with E-state index in [1.165, 1.54) is 173 Å². The minimum atomic E-state index is -0.789. The van der Waals surface area contributed by atoms with Crippen molar-refractivity contribution in [1.82, 2.24) is 5.32 Å². The number of carbonyl (C=O) groups is 2. The highest BCUT2D eigenvalue weighted by atomic mass is 16.5. The van der Waals surface area contributed by atoms with Gasteiger partial charge in [-0.3, -0.25) is 9.59 Å². The molecule has 0 aliphatic carbocycles. The molecule has 0 rings (SSSR count). The summed E-state index contributed by atoms with van der Waals surface area (Å²) in [7, 11) is 0. The molecule has 6 nitrogen and oxygen atoms in total. The van der Waals surface area contributed by atoms with Gasteiger partial charge in [0.1, 0.15) is 6.10 Å². The number of nitrogens with one attached hydrogen (secondary N) is 1. The van der Waals surface area contributed by atoms with Crippen LogP contribution < -0.4 is 5.32 Å². The lowest BCUT2D eigenvalue weighted by Crippen LogP contribution is -2.46. The molecule has 62 heavy (non-hydrogen) atoms. The number of allylic oxidation sites excluding steroid dienone is 4. The highest BCUT2D eigenvalue weighted by molar-refractivity contribution is 5.77. The SMILES string of the molecule is CCC/C=C\CCCCCC(CC(=O)NC(CO)C(O)CCCCCCCCCCCCCCCCCCC)OC(=O)CCCCCCC/C=C/CCCCCCCCCCC. The van der Waals surface area contributed by atoms with E-state index in [1.807, 2.05) is 0 Å². The highest BCUT2D eigenvalue weighted by Crippen LogP contribution is 2.18. The summed E-state index contributed by atoms with van der Waals surface area (Å²) in [5.41, 5.74) is 0. The number of hydrogen-bond donors (Lipinski definition) is 3. The Labute approximate surface area is 386 Å². The van der Waals surface area contributed by atoms with Crippen LogP contribution in [0.1, 0.15) is 297 Å². The summed E-state index contributed by atoms with van der Waals surface area (Å²) in [4.78, 5) is 26.1. The zero-order valence-corrected chi connectivity index (χ0v) is 41.8. The van der Waals surface area contributed by atoms with Crippen LogP contribution in [0.25, 0.3) is 0 Å². The van der Waals surface area contributed by atoms with E-state index < -0.39 is 18.2 Å². The average Bonchev–Trinajstić information content (AvgIpc) is 3.26. The van der Waals surface area contributed by atoms with Crippen LogP contribution in [0.3, 0.4) is 0 Å². The number of hydrogen-bond acceptors (Lipinski definition) is 5. The van der Waals surface area contributed by atoms with E-state index in [9.17, 15) is 19.8 Å². The second-order valence-electron chi connectivity index (χ2n) is 19.0. The molecular weight excluding hydrogens is 767 g/mol. The fraction of sp³-hybridized carbons (Fsp3) is 0.893. The predicted molar refractivity (Wildman–Crippen MR) is 269 cm³/mol. The Kier molecular flexibility index (Phi) is 49.0. The smallest absolute Gasteiger partial charge is 0.306 e. The van der Waals surface area contributed by atoms with Crippen molar-refractivity contribution in [3.8, 4) is 0 Å². The highest BCUT2D eigenvalue weighted by Gasteiger charge is 2.24. The first kappa shape index (κ1) is 60.3. The van der Waals surface area contributed by atoms with Crippen molar-refractivity contribution in [3.63, 3.8) is 0 Å². The summed E-state index contributed by atoms with van der Waals surface area (Å²) in [6, 6.07) is -0.704. The first-order valence-corrected chi connectivity index (χ1v) is 27.6. The van der Waals surface area contributed by atoms with Gasteiger partial charge in [-0.15, -0.1) is 0 Å². The van der Waals surface area contributed by atoms with Gasteiger partial charge >= 0.3 is 5.97 Å². The van der Waals surface area contributed by atoms with Crippen molar-refractivity contribution >= 4 is 11.9 Å². The fourth-order valence-corrected chi connectivity index (χ4v) is 8.55. The van der Waals surface area contributed by atoms with Gasteiger partial charge in [-0.2, -0.15) is 0 Å². The maximum atomic E-state index is 13.2. The molecule has 366 valence electrons. The van der Waals surface area contributed by atoms with Gasteiger partial charge in [-0.05, 0) is 70.6 Å². The van der Waals surface area contributed by atoms with Crippen molar-refractivity contribution in [2.24, 2.45) is 0 Å². The third kappa shape index (κ3) is 44.9. The Hall–Kier alpha value is -1.66. The molecule has 0 aliphatic heterocycles. The van der Waals surface area contributed by atoms with Gasteiger partial charge in [-0.25, -0.2) is 0 Å². The first-order chi connectivity index (χ1) is 30.5. The standard InChI is InChI=1S/C56H107NO5/c1-4-7-10-13-16-19-21-23-25-27-29-31-33-35-37-40-43-46-49-56(61)62-52(47-44-41-38-18-15-12-9-6-3)50-55(60)57-53(51-58)54(59)48-45-42-39-36-34-32-30-28-26-24-22-20-17-14-11-8-5-2/h12,15,29,31,52-54,58-59H,4-11,13-14,16-28,30,32-51H2,1-3H3,(H,57,60)/b15-12-,31-29+. The van der Waals surface area contributed by atoms with Crippen molar-refractivity contribution in [1.29, 1.82) is 0 Å². The average molecular weight is 874 g/mol. The topological polar surface area (TPSA) is 95.9 Å². The number of rotatable bonds is 50. The molecule has 1 amide bonds. The zero-order chi connectivity index (χ0) is 45.2. The molecule has 3 N–H and O–H groups in total. The van der Waals surface area contributed by atoms with Crippen molar-refractivity contribution in [2.45, 2.75) is 315 Å². The molecule has 0 radical (unpaired) electrons. The quantitative estimate of drug-likeness (QED) is 0.0321. The first-order valence-electron chi connectivity index (χ1n) is 27.6. The van der Waals surface area contributed by atoms with Crippen molar-refractivity contribution < 1.29 is 24.5 Å². The maximum Gasteiger partial charge on any atom is 0.306 e. The van der Waals surface area contributed by atoms with Crippen LogP contribution in [0.2, 0.25) is 0 Å². The van der Waals surface area contributed by atoms with Gasteiger partial charge in [0.2, 0.25) is 5.91 Å². The number of aliphatic hydroxyl groups excluding tert-OH is 2. The summed E-state index contributed by atoms with van der Waals surface area (Å²) >= 11 is 0. The van der Waals surface area contributed by atoms with E-state index in [2.05, 4.69) is 50.4 Å². The van der Waals surface area contributed by atoms with E-state index in [1.54, 1.807) is 0 Å². The Bertz CT molecular complexity index is 981. The third-order valence-electron chi connectivity index (χ3n) is 12.7. The Morgan fingerprint density at radius 1 is 0.452 bits per heavy atom. The van der Waals surface area contributed by atoms with Crippen molar-refractivity contribution in [2.75, 3.05) is 6.61 Å². The number of aliphatic hydroxyl groups is 2.